The summed E-state index contributed by atoms with van der Waals surface area (Å²) in [5.41, 5.74) is 8.98. The first kappa shape index (κ1) is 18.2. The Morgan fingerprint density at radius 3 is 2.87 bits per heavy atom. The summed E-state index contributed by atoms with van der Waals surface area (Å²) in [5.74, 6) is -0.159. The monoisotopic (exact) mass is 402 g/mol. The average Bonchev–Trinajstić information content (AvgIpc) is 3.36. The number of aromatic amines is 1. The van der Waals surface area contributed by atoms with Crippen LogP contribution < -0.4 is 11.1 Å². The molecule has 4 aromatic rings. The molecule has 0 radical (unpaired) electrons. The standard InChI is InChI=1S/C22H19FN6O/c1-11-2-3-25-7-16(11)14-4-12-5-19(27-8-17(12)21(24)20(14)23)29-22(30)15-6-13(15)18-9-26-10-28-18/h2-5,7-10,13,15H,6,24H2,1H3,(H,26,28)(H,27,29,30)/t13-,15-/m1/s1. The lowest BCUT2D eigenvalue weighted by Gasteiger charge is -2.12. The van der Waals surface area contributed by atoms with Gasteiger partial charge in [0.15, 0.2) is 5.82 Å². The van der Waals surface area contributed by atoms with Crippen LogP contribution in [-0.2, 0) is 4.79 Å². The number of carbonyl (C=O) groups excluding carboxylic acids is 1. The molecule has 0 saturated heterocycles. The van der Waals surface area contributed by atoms with Crippen molar-refractivity contribution in [2.75, 3.05) is 11.1 Å². The molecular formula is C22H19FN6O. The number of carbonyl (C=O) groups is 1. The number of fused-ring (bicyclic) bond motifs is 1. The maximum atomic E-state index is 14.9. The molecular weight excluding hydrogens is 383 g/mol. The Bertz CT molecular complexity index is 1270. The highest BCUT2D eigenvalue weighted by Crippen LogP contribution is 2.47. The van der Waals surface area contributed by atoms with E-state index in [0.717, 1.165) is 17.7 Å². The predicted molar refractivity (Wildman–Crippen MR) is 112 cm³/mol. The van der Waals surface area contributed by atoms with E-state index in [0.29, 0.717) is 27.7 Å². The van der Waals surface area contributed by atoms with E-state index in [-0.39, 0.29) is 23.4 Å². The molecule has 4 N–H and O–H groups in total. The fourth-order valence-corrected chi connectivity index (χ4v) is 3.82. The number of benzene rings is 1. The normalized spacial score (nSPS) is 17.8. The van der Waals surface area contributed by atoms with Crippen molar-refractivity contribution in [3.05, 3.63) is 66.4 Å². The Morgan fingerprint density at radius 2 is 2.10 bits per heavy atom. The molecule has 2 atom stereocenters. The fourth-order valence-electron chi connectivity index (χ4n) is 3.82. The molecule has 0 aliphatic heterocycles. The SMILES string of the molecule is Cc1ccncc1-c1cc2cc(NC(=O)[C@@H]3C[C@H]3c3cnc[nH]3)ncc2c(N)c1F. The maximum Gasteiger partial charge on any atom is 0.229 e. The predicted octanol–water partition coefficient (Wildman–Crippen LogP) is 3.79. The van der Waals surface area contributed by atoms with Crippen LogP contribution in [0.4, 0.5) is 15.9 Å². The maximum absolute atomic E-state index is 14.9. The number of H-pyrrole nitrogens is 1. The van der Waals surface area contributed by atoms with Gasteiger partial charge in [0.1, 0.15) is 5.82 Å². The van der Waals surface area contributed by atoms with Crippen molar-refractivity contribution in [1.82, 2.24) is 19.9 Å². The molecule has 0 unspecified atom stereocenters. The lowest BCUT2D eigenvalue weighted by atomic mass is 9.98. The zero-order valence-corrected chi connectivity index (χ0v) is 16.2. The molecule has 1 aliphatic rings. The van der Waals surface area contributed by atoms with Crippen molar-refractivity contribution in [3.63, 3.8) is 0 Å². The fraction of sp³-hybridized carbons (Fsp3) is 0.182. The van der Waals surface area contributed by atoms with Crippen LogP contribution in [-0.4, -0.2) is 25.8 Å². The minimum Gasteiger partial charge on any atom is -0.396 e. The van der Waals surface area contributed by atoms with Crippen molar-refractivity contribution in [2.45, 2.75) is 19.3 Å². The number of aromatic nitrogens is 4. The van der Waals surface area contributed by atoms with E-state index in [4.69, 9.17) is 5.73 Å². The van der Waals surface area contributed by atoms with Crippen molar-refractivity contribution < 1.29 is 9.18 Å². The number of nitrogens with zero attached hydrogens (tertiary/aromatic N) is 3. The average molecular weight is 402 g/mol. The number of pyridine rings is 2. The van der Waals surface area contributed by atoms with Crippen LogP contribution in [0.3, 0.4) is 0 Å². The zero-order chi connectivity index (χ0) is 20.8. The first-order chi connectivity index (χ1) is 14.5. The van der Waals surface area contributed by atoms with Gasteiger partial charge >= 0.3 is 0 Å². The number of aryl methyl sites for hydroxylation is 1. The van der Waals surface area contributed by atoms with E-state index in [1.54, 1.807) is 37.1 Å². The van der Waals surface area contributed by atoms with Gasteiger partial charge in [-0.1, -0.05) is 0 Å². The smallest absolute Gasteiger partial charge is 0.229 e. The van der Waals surface area contributed by atoms with Crippen LogP contribution >= 0.6 is 0 Å². The van der Waals surface area contributed by atoms with E-state index in [9.17, 15) is 9.18 Å². The van der Waals surface area contributed by atoms with Crippen molar-refractivity contribution in [3.8, 4) is 11.1 Å². The third kappa shape index (κ3) is 3.06. The van der Waals surface area contributed by atoms with Crippen LogP contribution in [0.1, 0.15) is 23.6 Å². The molecule has 1 fully saturated rings. The first-order valence-corrected chi connectivity index (χ1v) is 9.60. The van der Waals surface area contributed by atoms with Gasteiger partial charge in [0.2, 0.25) is 5.91 Å². The van der Waals surface area contributed by atoms with Gasteiger partial charge in [0.05, 0.1) is 12.0 Å². The Morgan fingerprint density at radius 1 is 1.23 bits per heavy atom. The highest BCUT2D eigenvalue weighted by Gasteiger charge is 2.45. The summed E-state index contributed by atoms with van der Waals surface area (Å²) < 4.78 is 14.9. The van der Waals surface area contributed by atoms with Gasteiger partial charge in [0, 0.05) is 58.8 Å². The van der Waals surface area contributed by atoms with Crippen molar-refractivity contribution in [2.24, 2.45) is 5.92 Å². The Balaban J connectivity index is 1.46. The van der Waals surface area contributed by atoms with Crippen molar-refractivity contribution >= 4 is 28.2 Å². The van der Waals surface area contributed by atoms with E-state index < -0.39 is 5.82 Å². The highest BCUT2D eigenvalue weighted by molar-refractivity contribution is 6.00. The number of nitrogens with two attached hydrogens (primary N) is 1. The molecule has 3 aromatic heterocycles. The number of nitrogens with one attached hydrogen (secondary N) is 2. The second-order valence-corrected chi connectivity index (χ2v) is 7.58. The lowest BCUT2D eigenvalue weighted by Crippen LogP contribution is -2.15. The first-order valence-electron chi connectivity index (χ1n) is 9.60. The van der Waals surface area contributed by atoms with Gasteiger partial charge in [-0.05, 0) is 42.5 Å². The number of nitrogen functional groups attached to an aromatic ring is 1. The minimum atomic E-state index is -0.502. The number of imidazole rings is 1. The van der Waals surface area contributed by atoms with Crippen LogP contribution in [0.2, 0.25) is 0 Å². The summed E-state index contributed by atoms with van der Waals surface area (Å²) in [5, 5.41) is 4.05. The number of rotatable bonds is 4. The molecule has 30 heavy (non-hydrogen) atoms. The van der Waals surface area contributed by atoms with Crippen LogP contribution in [0.25, 0.3) is 21.9 Å². The summed E-state index contributed by atoms with van der Waals surface area (Å²) in [6.45, 7) is 1.89. The van der Waals surface area contributed by atoms with Gasteiger partial charge in [-0.2, -0.15) is 0 Å². The number of anilines is 2. The molecule has 150 valence electrons. The van der Waals surface area contributed by atoms with Crippen LogP contribution in [0.5, 0.6) is 0 Å². The van der Waals surface area contributed by atoms with Gasteiger partial charge in [-0.15, -0.1) is 0 Å². The van der Waals surface area contributed by atoms with Gasteiger partial charge < -0.3 is 16.0 Å². The molecule has 8 heteroatoms. The molecule has 5 rings (SSSR count). The second-order valence-electron chi connectivity index (χ2n) is 7.58. The Hall–Kier alpha value is -3.81. The molecule has 3 heterocycles. The molecule has 0 spiro atoms. The zero-order valence-electron chi connectivity index (χ0n) is 16.2. The summed E-state index contributed by atoms with van der Waals surface area (Å²) >= 11 is 0. The van der Waals surface area contributed by atoms with Crippen molar-refractivity contribution in [1.29, 1.82) is 0 Å². The van der Waals surface area contributed by atoms with E-state index in [2.05, 4.69) is 25.3 Å². The topological polar surface area (TPSA) is 110 Å². The quantitative estimate of drug-likeness (QED) is 0.450. The van der Waals surface area contributed by atoms with E-state index in [1.165, 1.54) is 6.20 Å². The number of hydrogen-bond donors (Lipinski definition) is 3. The Labute approximate surface area is 171 Å². The molecule has 1 amide bonds. The third-order valence-electron chi connectivity index (χ3n) is 5.63. The summed E-state index contributed by atoms with van der Waals surface area (Å²) in [6.07, 6.45) is 8.88. The van der Waals surface area contributed by atoms with Gasteiger partial charge in [-0.3, -0.25) is 9.78 Å². The largest absolute Gasteiger partial charge is 0.396 e. The minimum absolute atomic E-state index is 0.0256. The third-order valence-corrected chi connectivity index (χ3v) is 5.63. The van der Waals surface area contributed by atoms with Crippen LogP contribution in [0.15, 0.2) is 49.3 Å². The highest BCUT2D eigenvalue weighted by atomic mass is 19.1. The van der Waals surface area contributed by atoms with Crippen LogP contribution in [0, 0.1) is 18.7 Å². The molecule has 0 bridgehead atoms. The molecule has 1 saturated carbocycles. The number of halogens is 1. The number of amides is 1. The molecule has 1 aromatic carbocycles. The number of hydrogen-bond acceptors (Lipinski definition) is 5. The van der Waals surface area contributed by atoms with E-state index in [1.807, 2.05) is 13.0 Å². The lowest BCUT2D eigenvalue weighted by molar-refractivity contribution is -0.117. The summed E-state index contributed by atoms with van der Waals surface area (Å²) in [4.78, 5) is 28.0. The second kappa shape index (κ2) is 6.91. The van der Waals surface area contributed by atoms with E-state index >= 15 is 0 Å². The Kier molecular flexibility index (Phi) is 4.20. The molecule has 7 nitrogen and oxygen atoms in total. The van der Waals surface area contributed by atoms with Gasteiger partial charge in [0.25, 0.3) is 0 Å². The molecule has 1 aliphatic carbocycles. The summed E-state index contributed by atoms with van der Waals surface area (Å²) in [6, 6.07) is 5.25. The van der Waals surface area contributed by atoms with Gasteiger partial charge in [-0.25, -0.2) is 14.4 Å². The summed E-state index contributed by atoms with van der Waals surface area (Å²) in [7, 11) is 0.